The van der Waals surface area contributed by atoms with Gasteiger partial charge in [0.15, 0.2) is 5.65 Å². The summed E-state index contributed by atoms with van der Waals surface area (Å²) in [7, 11) is 0. The van der Waals surface area contributed by atoms with Crippen molar-refractivity contribution in [2.24, 2.45) is 0 Å². The van der Waals surface area contributed by atoms with E-state index in [1.807, 2.05) is 24.3 Å². The third-order valence-corrected chi connectivity index (χ3v) is 4.76. The van der Waals surface area contributed by atoms with Crippen molar-refractivity contribution in [2.75, 3.05) is 0 Å². The van der Waals surface area contributed by atoms with E-state index in [0.717, 1.165) is 12.0 Å². The molecule has 0 spiro atoms. The first-order valence-electron chi connectivity index (χ1n) is 8.94. The number of nitro groups is 1. The Bertz CT molecular complexity index is 1250. The Hall–Kier alpha value is -4.07. The fraction of sp³-hybridized carbons (Fsp3) is 0.0952. The van der Waals surface area contributed by atoms with E-state index < -0.39 is 10.9 Å². The molecule has 144 valence electrons. The van der Waals surface area contributed by atoms with Crippen molar-refractivity contribution < 1.29 is 14.8 Å². The molecule has 4 aromatic rings. The van der Waals surface area contributed by atoms with Gasteiger partial charge in [-0.2, -0.15) is 5.10 Å². The van der Waals surface area contributed by atoms with Gasteiger partial charge < -0.3 is 5.11 Å². The zero-order valence-corrected chi connectivity index (χ0v) is 15.4. The fourth-order valence-corrected chi connectivity index (χ4v) is 3.24. The van der Waals surface area contributed by atoms with Gasteiger partial charge >= 0.3 is 5.97 Å². The second kappa shape index (κ2) is 7.16. The minimum absolute atomic E-state index is 0.0276. The Balaban J connectivity index is 1.90. The largest absolute Gasteiger partial charge is 0.478 e. The molecule has 2 heterocycles. The van der Waals surface area contributed by atoms with Gasteiger partial charge in [-0.3, -0.25) is 15.2 Å². The SMILES string of the molecule is CCc1ccc(-c2[nH]nc3nc(-c4cccc([N+](=O)[O-])c4)cc(C(=O)O)c23)cc1. The van der Waals surface area contributed by atoms with Crippen molar-refractivity contribution in [2.45, 2.75) is 13.3 Å². The molecule has 0 atom stereocenters. The molecular formula is C21H16N4O4. The summed E-state index contributed by atoms with van der Waals surface area (Å²) < 4.78 is 0. The highest BCUT2D eigenvalue weighted by Gasteiger charge is 2.20. The Labute approximate surface area is 165 Å². The van der Waals surface area contributed by atoms with Gasteiger partial charge in [-0.05, 0) is 18.1 Å². The van der Waals surface area contributed by atoms with E-state index in [-0.39, 0.29) is 16.9 Å². The van der Waals surface area contributed by atoms with E-state index >= 15 is 0 Å². The van der Waals surface area contributed by atoms with Crippen LogP contribution in [0.5, 0.6) is 0 Å². The number of aromatic nitrogens is 3. The standard InChI is InChI=1S/C21H16N4O4/c1-2-12-6-8-13(9-7-12)19-18-16(21(26)27)11-17(22-20(18)24-23-19)14-4-3-5-15(10-14)25(28)29/h3-11H,2H2,1H3,(H,26,27)(H,22,23,24). The van der Waals surface area contributed by atoms with Gasteiger partial charge in [0.05, 0.1) is 27.3 Å². The lowest BCUT2D eigenvalue weighted by atomic mass is 10.0. The van der Waals surface area contributed by atoms with Gasteiger partial charge in [0.25, 0.3) is 5.69 Å². The molecule has 2 aromatic heterocycles. The zero-order valence-electron chi connectivity index (χ0n) is 15.4. The van der Waals surface area contributed by atoms with E-state index in [1.54, 1.807) is 6.07 Å². The number of non-ortho nitro benzene ring substituents is 1. The van der Waals surface area contributed by atoms with Gasteiger partial charge in [0.2, 0.25) is 0 Å². The second-order valence-electron chi connectivity index (χ2n) is 6.52. The van der Waals surface area contributed by atoms with E-state index in [4.69, 9.17) is 0 Å². The lowest BCUT2D eigenvalue weighted by Gasteiger charge is -2.06. The van der Waals surface area contributed by atoms with Crippen LogP contribution in [-0.4, -0.2) is 31.2 Å². The number of carboxylic acid groups (broad SMARTS) is 1. The van der Waals surface area contributed by atoms with Gasteiger partial charge in [-0.25, -0.2) is 9.78 Å². The number of fused-ring (bicyclic) bond motifs is 1. The lowest BCUT2D eigenvalue weighted by molar-refractivity contribution is -0.384. The Morgan fingerprint density at radius 2 is 1.90 bits per heavy atom. The van der Waals surface area contributed by atoms with Crippen LogP contribution >= 0.6 is 0 Å². The van der Waals surface area contributed by atoms with Crippen LogP contribution in [-0.2, 0) is 6.42 Å². The maximum atomic E-state index is 12.0. The third kappa shape index (κ3) is 3.31. The maximum Gasteiger partial charge on any atom is 0.336 e. The number of pyridine rings is 1. The van der Waals surface area contributed by atoms with Crippen LogP contribution in [0.25, 0.3) is 33.5 Å². The first-order chi connectivity index (χ1) is 14.0. The molecule has 8 heteroatoms. The number of carboxylic acids is 1. The predicted octanol–water partition coefficient (Wildman–Crippen LogP) is 4.46. The third-order valence-electron chi connectivity index (χ3n) is 4.76. The van der Waals surface area contributed by atoms with Crippen molar-refractivity contribution in [1.29, 1.82) is 0 Å². The molecule has 29 heavy (non-hydrogen) atoms. The molecule has 2 aromatic carbocycles. The van der Waals surface area contributed by atoms with Crippen LogP contribution in [0, 0.1) is 10.1 Å². The van der Waals surface area contributed by atoms with E-state index in [2.05, 4.69) is 22.1 Å². The summed E-state index contributed by atoms with van der Waals surface area (Å²) in [5, 5.41) is 28.3. The highest BCUT2D eigenvalue weighted by molar-refractivity contribution is 6.08. The van der Waals surface area contributed by atoms with Crippen molar-refractivity contribution in [3.8, 4) is 22.5 Å². The maximum absolute atomic E-state index is 12.0. The minimum atomic E-state index is -1.13. The summed E-state index contributed by atoms with van der Waals surface area (Å²) in [6, 6.07) is 15.1. The number of hydrogen-bond donors (Lipinski definition) is 2. The molecule has 0 amide bonds. The van der Waals surface area contributed by atoms with E-state index in [9.17, 15) is 20.0 Å². The topological polar surface area (TPSA) is 122 Å². The quantitative estimate of drug-likeness (QED) is 0.384. The minimum Gasteiger partial charge on any atom is -0.478 e. The normalized spacial score (nSPS) is 10.9. The van der Waals surface area contributed by atoms with Gasteiger partial charge in [0.1, 0.15) is 0 Å². The first-order valence-corrected chi connectivity index (χ1v) is 8.94. The van der Waals surface area contributed by atoms with Crippen LogP contribution in [0.1, 0.15) is 22.8 Å². The number of carbonyl (C=O) groups is 1. The number of aromatic amines is 1. The molecule has 0 aliphatic rings. The number of aryl methyl sites for hydroxylation is 1. The molecule has 0 radical (unpaired) electrons. The van der Waals surface area contributed by atoms with Gasteiger partial charge in [-0.1, -0.05) is 43.3 Å². The molecule has 0 aliphatic heterocycles. The second-order valence-corrected chi connectivity index (χ2v) is 6.52. The molecular weight excluding hydrogens is 372 g/mol. The highest BCUT2D eigenvalue weighted by atomic mass is 16.6. The molecule has 0 saturated carbocycles. The lowest BCUT2D eigenvalue weighted by Crippen LogP contribution is -2.00. The number of rotatable bonds is 5. The summed E-state index contributed by atoms with van der Waals surface area (Å²) in [4.78, 5) is 27.0. The number of nitrogens with zero attached hydrogens (tertiary/aromatic N) is 3. The number of nitro benzene ring substituents is 1. The van der Waals surface area contributed by atoms with Crippen LogP contribution in [0.3, 0.4) is 0 Å². The summed E-state index contributed by atoms with van der Waals surface area (Å²) in [6.07, 6.45) is 0.901. The van der Waals surface area contributed by atoms with Crippen molar-refractivity contribution in [1.82, 2.24) is 15.2 Å². The number of nitrogens with one attached hydrogen (secondary N) is 1. The van der Waals surface area contributed by atoms with Crippen LogP contribution in [0.4, 0.5) is 5.69 Å². The number of benzene rings is 2. The van der Waals surface area contributed by atoms with Crippen LogP contribution < -0.4 is 0 Å². The average molecular weight is 388 g/mol. The number of H-pyrrole nitrogens is 1. The van der Waals surface area contributed by atoms with Gasteiger partial charge in [-0.15, -0.1) is 0 Å². The Morgan fingerprint density at radius 1 is 1.14 bits per heavy atom. The summed E-state index contributed by atoms with van der Waals surface area (Å²) >= 11 is 0. The Kier molecular flexibility index (Phi) is 4.52. The van der Waals surface area contributed by atoms with E-state index in [1.165, 1.54) is 29.8 Å². The van der Waals surface area contributed by atoms with Crippen molar-refractivity contribution in [3.63, 3.8) is 0 Å². The average Bonchev–Trinajstić information content (AvgIpc) is 3.17. The Morgan fingerprint density at radius 3 is 2.55 bits per heavy atom. The molecule has 0 bridgehead atoms. The summed E-state index contributed by atoms with van der Waals surface area (Å²) in [5.41, 5.74) is 3.46. The smallest absolute Gasteiger partial charge is 0.336 e. The van der Waals surface area contributed by atoms with Crippen LogP contribution in [0.2, 0.25) is 0 Å². The predicted molar refractivity (Wildman–Crippen MR) is 108 cm³/mol. The molecule has 2 N–H and O–H groups in total. The number of aromatic carboxylic acids is 1. The molecule has 0 saturated heterocycles. The summed E-state index contributed by atoms with van der Waals surface area (Å²) in [6.45, 7) is 2.06. The first kappa shape index (κ1) is 18.3. The molecule has 0 unspecified atom stereocenters. The molecule has 4 rings (SSSR count). The molecule has 8 nitrogen and oxygen atoms in total. The molecule has 0 aliphatic carbocycles. The monoisotopic (exact) mass is 388 g/mol. The molecule has 0 fully saturated rings. The fourth-order valence-electron chi connectivity index (χ4n) is 3.24. The van der Waals surface area contributed by atoms with Crippen molar-refractivity contribution >= 4 is 22.7 Å². The van der Waals surface area contributed by atoms with Gasteiger partial charge in [0, 0.05) is 23.3 Å². The van der Waals surface area contributed by atoms with E-state index in [0.29, 0.717) is 22.3 Å². The summed E-state index contributed by atoms with van der Waals surface area (Å²) in [5.74, 6) is -1.13. The number of hydrogen-bond acceptors (Lipinski definition) is 5. The zero-order chi connectivity index (χ0) is 20.5. The van der Waals surface area contributed by atoms with Crippen LogP contribution in [0.15, 0.2) is 54.6 Å². The highest BCUT2D eigenvalue weighted by Crippen LogP contribution is 2.32. The van der Waals surface area contributed by atoms with Crippen molar-refractivity contribution in [3.05, 3.63) is 75.8 Å².